The average Bonchev–Trinajstić information content (AvgIpc) is 2.55. The van der Waals surface area contributed by atoms with Gasteiger partial charge in [-0.2, -0.15) is 0 Å². The van der Waals surface area contributed by atoms with Crippen LogP contribution >= 0.6 is 0 Å². The number of hydrogen-bond acceptors (Lipinski definition) is 4. The van der Waals surface area contributed by atoms with E-state index in [9.17, 15) is 9.59 Å². The molecule has 0 aliphatic carbocycles. The molecule has 2 aromatic rings. The highest BCUT2D eigenvalue weighted by Crippen LogP contribution is 2.13. The van der Waals surface area contributed by atoms with Crippen molar-refractivity contribution in [2.45, 2.75) is 6.54 Å². The molecule has 0 saturated carbocycles. The Bertz CT molecular complexity index is 753. The smallest absolute Gasteiger partial charge is 0.251 e. The van der Waals surface area contributed by atoms with Gasteiger partial charge in [0.15, 0.2) is 0 Å². The molecule has 0 saturated heterocycles. The first kappa shape index (κ1) is 17.7. The van der Waals surface area contributed by atoms with Gasteiger partial charge in [0.05, 0.1) is 0 Å². The van der Waals surface area contributed by atoms with Gasteiger partial charge >= 0.3 is 0 Å². The SMILES string of the molecule is CN(C)CCOc1cccc(CNC(=O)c2ccn(C)c(=O)c2)c1. The first-order chi connectivity index (χ1) is 11.5. The van der Waals surface area contributed by atoms with Gasteiger partial charge in [0.2, 0.25) is 0 Å². The second-order valence-electron chi connectivity index (χ2n) is 5.85. The number of nitrogens with one attached hydrogen (secondary N) is 1. The maximum Gasteiger partial charge on any atom is 0.251 e. The van der Waals surface area contributed by atoms with E-state index < -0.39 is 0 Å². The maximum absolute atomic E-state index is 12.1. The Morgan fingerprint density at radius 3 is 2.75 bits per heavy atom. The minimum atomic E-state index is -0.272. The van der Waals surface area contributed by atoms with E-state index in [0.29, 0.717) is 18.7 Å². The fourth-order valence-electron chi connectivity index (χ4n) is 2.07. The lowest BCUT2D eigenvalue weighted by molar-refractivity contribution is 0.0950. The summed E-state index contributed by atoms with van der Waals surface area (Å²) in [5.74, 6) is 0.504. The van der Waals surface area contributed by atoms with Crippen molar-refractivity contribution in [1.29, 1.82) is 0 Å². The molecule has 1 aromatic heterocycles. The number of aromatic nitrogens is 1. The average molecular weight is 329 g/mol. The molecule has 0 aliphatic rings. The van der Waals surface area contributed by atoms with Crippen LogP contribution in [0.5, 0.6) is 5.75 Å². The number of ether oxygens (including phenoxy) is 1. The molecule has 0 radical (unpaired) electrons. The second kappa shape index (κ2) is 8.31. The van der Waals surface area contributed by atoms with Crippen LogP contribution in [0.4, 0.5) is 0 Å². The molecule has 6 nitrogen and oxygen atoms in total. The zero-order valence-electron chi connectivity index (χ0n) is 14.3. The number of pyridine rings is 1. The van der Waals surface area contributed by atoms with Crippen LogP contribution in [0.2, 0.25) is 0 Å². The van der Waals surface area contributed by atoms with Gasteiger partial charge < -0.3 is 19.5 Å². The number of aryl methyl sites for hydroxylation is 1. The molecule has 2 rings (SSSR count). The number of carbonyl (C=O) groups is 1. The number of nitrogens with zero attached hydrogens (tertiary/aromatic N) is 2. The lowest BCUT2D eigenvalue weighted by Crippen LogP contribution is -2.25. The van der Waals surface area contributed by atoms with Crippen LogP contribution in [0, 0.1) is 0 Å². The van der Waals surface area contributed by atoms with Gasteiger partial charge in [-0.15, -0.1) is 0 Å². The van der Waals surface area contributed by atoms with E-state index in [1.807, 2.05) is 43.3 Å². The summed E-state index contributed by atoms with van der Waals surface area (Å²) in [6.07, 6.45) is 1.58. The van der Waals surface area contributed by atoms with Crippen LogP contribution in [0.25, 0.3) is 0 Å². The lowest BCUT2D eigenvalue weighted by Gasteiger charge is -2.12. The van der Waals surface area contributed by atoms with Crippen molar-refractivity contribution in [3.05, 3.63) is 64.1 Å². The molecule has 6 heteroatoms. The van der Waals surface area contributed by atoms with Gasteiger partial charge in [0, 0.05) is 38.0 Å². The summed E-state index contributed by atoms with van der Waals surface area (Å²) in [6.45, 7) is 1.82. The second-order valence-corrected chi connectivity index (χ2v) is 5.85. The quantitative estimate of drug-likeness (QED) is 0.830. The van der Waals surface area contributed by atoms with Crippen molar-refractivity contribution in [2.75, 3.05) is 27.2 Å². The number of rotatable bonds is 7. The van der Waals surface area contributed by atoms with E-state index in [0.717, 1.165) is 17.9 Å². The number of hydrogen-bond donors (Lipinski definition) is 1. The number of amides is 1. The van der Waals surface area contributed by atoms with Crippen molar-refractivity contribution in [3.8, 4) is 5.75 Å². The van der Waals surface area contributed by atoms with E-state index in [1.165, 1.54) is 10.6 Å². The summed E-state index contributed by atoms with van der Waals surface area (Å²) < 4.78 is 7.10. The molecule has 1 amide bonds. The Morgan fingerprint density at radius 1 is 1.25 bits per heavy atom. The first-order valence-electron chi connectivity index (χ1n) is 7.77. The van der Waals surface area contributed by atoms with Gasteiger partial charge in [0.1, 0.15) is 12.4 Å². The van der Waals surface area contributed by atoms with Crippen LogP contribution in [0.15, 0.2) is 47.4 Å². The predicted molar refractivity (Wildman–Crippen MR) is 93.3 cm³/mol. The highest BCUT2D eigenvalue weighted by atomic mass is 16.5. The van der Waals surface area contributed by atoms with Crippen LogP contribution in [0.3, 0.4) is 0 Å². The third-order valence-corrected chi connectivity index (χ3v) is 3.53. The third kappa shape index (κ3) is 5.24. The van der Waals surface area contributed by atoms with Crippen LogP contribution in [-0.4, -0.2) is 42.6 Å². The third-order valence-electron chi connectivity index (χ3n) is 3.53. The number of carbonyl (C=O) groups excluding carboxylic acids is 1. The summed E-state index contributed by atoms with van der Waals surface area (Å²) >= 11 is 0. The molecule has 1 heterocycles. The van der Waals surface area contributed by atoms with E-state index in [4.69, 9.17) is 4.74 Å². The highest BCUT2D eigenvalue weighted by molar-refractivity contribution is 5.93. The lowest BCUT2D eigenvalue weighted by atomic mass is 10.2. The molecule has 24 heavy (non-hydrogen) atoms. The Morgan fingerprint density at radius 2 is 2.04 bits per heavy atom. The highest BCUT2D eigenvalue weighted by Gasteiger charge is 2.07. The topological polar surface area (TPSA) is 63.6 Å². The Kier molecular flexibility index (Phi) is 6.14. The van der Waals surface area contributed by atoms with Crippen molar-refractivity contribution in [1.82, 2.24) is 14.8 Å². The molecule has 0 aliphatic heterocycles. The Balaban J connectivity index is 1.92. The van der Waals surface area contributed by atoms with Gasteiger partial charge in [0.25, 0.3) is 11.5 Å². The van der Waals surface area contributed by atoms with Gasteiger partial charge in [-0.25, -0.2) is 0 Å². The molecule has 1 N–H and O–H groups in total. The summed E-state index contributed by atoms with van der Waals surface area (Å²) in [4.78, 5) is 25.7. The molecule has 0 bridgehead atoms. The minimum absolute atomic E-state index is 0.209. The first-order valence-corrected chi connectivity index (χ1v) is 7.77. The largest absolute Gasteiger partial charge is 0.492 e. The van der Waals surface area contributed by atoms with E-state index in [1.54, 1.807) is 19.3 Å². The van der Waals surface area contributed by atoms with Gasteiger partial charge in [-0.05, 0) is 37.9 Å². The molecule has 0 spiro atoms. The van der Waals surface area contributed by atoms with Crippen molar-refractivity contribution in [2.24, 2.45) is 7.05 Å². The molecular formula is C18H23N3O3. The van der Waals surface area contributed by atoms with Crippen molar-refractivity contribution in [3.63, 3.8) is 0 Å². The fourth-order valence-corrected chi connectivity index (χ4v) is 2.07. The normalized spacial score (nSPS) is 10.7. The van der Waals surface area contributed by atoms with E-state index in [-0.39, 0.29) is 11.5 Å². The van der Waals surface area contributed by atoms with E-state index >= 15 is 0 Å². The maximum atomic E-state index is 12.1. The van der Waals surface area contributed by atoms with Gasteiger partial charge in [-0.1, -0.05) is 12.1 Å². The standard InChI is InChI=1S/C18H23N3O3/c1-20(2)9-10-24-16-6-4-5-14(11-16)13-19-18(23)15-7-8-21(3)17(22)12-15/h4-8,11-12H,9-10,13H2,1-3H3,(H,19,23). The molecule has 1 aromatic carbocycles. The number of benzene rings is 1. The van der Waals surface area contributed by atoms with Crippen molar-refractivity contribution >= 4 is 5.91 Å². The van der Waals surface area contributed by atoms with Crippen LogP contribution < -0.4 is 15.6 Å². The monoisotopic (exact) mass is 329 g/mol. The minimum Gasteiger partial charge on any atom is -0.492 e. The zero-order chi connectivity index (χ0) is 17.5. The van der Waals surface area contributed by atoms with Gasteiger partial charge in [-0.3, -0.25) is 9.59 Å². The molecule has 0 unspecified atom stereocenters. The van der Waals surface area contributed by atoms with E-state index in [2.05, 4.69) is 5.32 Å². The number of likely N-dealkylation sites (N-methyl/N-ethyl adjacent to an activating group) is 1. The summed E-state index contributed by atoms with van der Waals surface area (Å²) in [5, 5.41) is 2.81. The molecule has 128 valence electrons. The predicted octanol–water partition coefficient (Wildman–Crippen LogP) is 1.26. The Hall–Kier alpha value is -2.60. The summed E-state index contributed by atoms with van der Waals surface area (Å²) in [6, 6.07) is 10.6. The van der Waals surface area contributed by atoms with Crippen LogP contribution in [-0.2, 0) is 13.6 Å². The fraction of sp³-hybridized carbons (Fsp3) is 0.333. The zero-order valence-corrected chi connectivity index (χ0v) is 14.3. The summed E-state index contributed by atoms with van der Waals surface area (Å²) in [7, 11) is 5.63. The van der Waals surface area contributed by atoms with Crippen molar-refractivity contribution < 1.29 is 9.53 Å². The van der Waals surface area contributed by atoms with Crippen LogP contribution in [0.1, 0.15) is 15.9 Å². The Labute approximate surface area is 141 Å². The molecule has 0 fully saturated rings. The molecule has 0 atom stereocenters. The summed E-state index contributed by atoms with van der Waals surface area (Å²) in [5.41, 5.74) is 1.09. The molecular weight excluding hydrogens is 306 g/mol.